The Labute approximate surface area is 166 Å². The molecule has 1 aromatic heterocycles. The Bertz CT molecular complexity index is 707. The van der Waals surface area contributed by atoms with E-state index in [9.17, 15) is 9.59 Å². The Hall–Kier alpha value is -1.96. The molecule has 4 rings (SSSR count). The molecule has 2 aliphatic heterocycles. The molecule has 1 atom stereocenters. The maximum absolute atomic E-state index is 13.0. The minimum atomic E-state index is 0.0538. The summed E-state index contributed by atoms with van der Waals surface area (Å²) in [4.78, 5) is 31.6. The first kappa shape index (κ1) is 19.4. The van der Waals surface area contributed by atoms with Crippen molar-refractivity contribution in [1.82, 2.24) is 29.5 Å². The molecule has 1 saturated carbocycles. The van der Waals surface area contributed by atoms with Crippen LogP contribution < -0.4 is 0 Å². The fraction of sp³-hybridized carbons (Fsp3) is 0.800. The predicted molar refractivity (Wildman–Crippen MR) is 104 cm³/mol. The topological polar surface area (TPSA) is 74.6 Å². The number of nitrogens with zero attached hydrogens (tertiary/aromatic N) is 6. The molecule has 1 aromatic rings. The van der Waals surface area contributed by atoms with E-state index < -0.39 is 0 Å². The van der Waals surface area contributed by atoms with Gasteiger partial charge in [0.05, 0.1) is 12.5 Å². The van der Waals surface area contributed by atoms with Crippen LogP contribution in [0.5, 0.6) is 0 Å². The first-order valence-electron chi connectivity index (χ1n) is 10.6. The van der Waals surface area contributed by atoms with Crippen molar-refractivity contribution in [3.63, 3.8) is 0 Å². The van der Waals surface area contributed by atoms with E-state index in [1.807, 2.05) is 18.7 Å². The van der Waals surface area contributed by atoms with E-state index >= 15 is 0 Å². The van der Waals surface area contributed by atoms with Gasteiger partial charge in [-0.15, -0.1) is 10.2 Å². The van der Waals surface area contributed by atoms with Crippen molar-refractivity contribution in [3.8, 4) is 0 Å². The van der Waals surface area contributed by atoms with Crippen molar-refractivity contribution in [3.05, 3.63) is 12.2 Å². The molecule has 8 heteroatoms. The van der Waals surface area contributed by atoms with Crippen LogP contribution >= 0.6 is 0 Å². The van der Waals surface area contributed by atoms with Crippen LogP contribution in [0.2, 0.25) is 0 Å². The van der Waals surface area contributed by atoms with Crippen LogP contribution in [-0.4, -0.2) is 80.5 Å². The van der Waals surface area contributed by atoms with Crippen LogP contribution in [0.3, 0.4) is 0 Å². The largest absolute Gasteiger partial charge is 0.342 e. The van der Waals surface area contributed by atoms with Gasteiger partial charge in [-0.05, 0) is 45.1 Å². The molecule has 0 N–H and O–H groups in total. The zero-order valence-corrected chi connectivity index (χ0v) is 17.1. The maximum Gasteiger partial charge on any atom is 0.227 e. The molecule has 3 heterocycles. The first-order valence-corrected chi connectivity index (χ1v) is 10.6. The molecule has 1 aliphatic carbocycles. The number of amides is 2. The predicted octanol–water partition coefficient (Wildman–Crippen LogP) is 0.887. The second-order valence-electron chi connectivity index (χ2n) is 8.72. The number of likely N-dealkylation sites (tertiary alicyclic amines) is 2. The van der Waals surface area contributed by atoms with Crippen LogP contribution in [-0.2, 0) is 23.2 Å². The molecule has 8 nitrogen and oxygen atoms in total. The molecule has 0 bridgehead atoms. The third-order valence-corrected chi connectivity index (χ3v) is 6.58. The summed E-state index contributed by atoms with van der Waals surface area (Å²) < 4.78 is 1.85. The summed E-state index contributed by atoms with van der Waals surface area (Å²) in [5, 5.41) is 7.98. The highest BCUT2D eigenvalue weighted by Crippen LogP contribution is 2.32. The van der Waals surface area contributed by atoms with Gasteiger partial charge >= 0.3 is 0 Å². The Morgan fingerprint density at radius 2 is 1.86 bits per heavy atom. The standard InChI is InChI=1S/C20H32N6O2/c1-23(13-18-22-21-14-24(18)2)19(27)16-4-3-9-26(12-16)17-7-10-25(11-8-17)20(28)15-5-6-15/h14-17H,3-13H2,1-2H3. The van der Waals surface area contributed by atoms with Gasteiger partial charge in [0.2, 0.25) is 11.8 Å². The average molecular weight is 389 g/mol. The fourth-order valence-corrected chi connectivity index (χ4v) is 4.63. The number of aromatic nitrogens is 3. The average Bonchev–Trinajstić information content (AvgIpc) is 3.50. The van der Waals surface area contributed by atoms with Gasteiger partial charge in [-0.1, -0.05) is 0 Å². The quantitative estimate of drug-likeness (QED) is 0.749. The van der Waals surface area contributed by atoms with Crippen LogP contribution in [0.1, 0.15) is 44.3 Å². The minimum Gasteiger partial charge on any atom is -0.342 e. The molecule has 28 heavy (non-hydrogen) atoms. The van der Waals surface area contributed by atoms with Crippen LogP contribution in [0.25, 0.3) is 0 Å². The molecule has 3 aliphatic rings. The smallest absolute Gasteiger partial charge is 0.227 e. The van der Waals surface area contributed by atoms with Gasteiger partial charge < -0.3 is 14.4 Å². The number of aryl methyl sites for hydroxylation is 1. The highest BCUT2D eigenvalue weighted by atomic mass is 16.2. The van der Waals surface area contributed by atoms with Crippen molar-refractivity contribution in [2.75, 3.05) is 33.2 Å². The van der Waals surface area contributed by atoms with E-state index in [-0.39, 0.29) is 11.8 Å². The SMILES string of the molecule is CN(Cc1nncn1C)C(=O)C1CCCN(C2CCN(C(=O)C3CC3)CC2)C1. The molecular formula is C20H32N6O2. The molecule has 0 spiro atoms. The molecule has 2 saturated heterocycles. The third-order valence-electron chi connectivity index (χ3n) is 6.58. The minimum absolute atomic E-state index is 0.0538. The van der Waals surface area contributed by atoms with Crippen LogP contribution in [0, 0.1) is 11.8 Å². The van der Waals surface area contributed by atoms with E-state index in [0.717, 1.165) is 70.5 Å². The summed E-state index contributed by atoms with van der Waals surface area (Å²) in [6.45, 7) is 4.15. The number of carbonyl (C=O) groups excluding carboxylic acids is 2. The highest BCUT2D eigenvalue weighted by molar-refractivity contribution is 5.81. The van der Waals surface area contributed by atoms with E-state index in [1.54, 1.807) is 11.2 Å². The van der Waals surface area contributed by atoms with Crippen molar-refractivity contribution >= 4 is 11.8 Å². The second-order valence-corrected chi connectivity index (χ2v) is 8.72. The monoisotopic (exact) mass is 388 g/mol. The fourth-order valence-electron chi connectivity index (χ4n) is 4.63. The van der Waals surface area contributed by atoms with Crippen LogP contribution in [0.15, 0.2) is 6.33 Å². The van der Waals surface area contributed by atoms with Gasteiger partial charge in [-0.3, -0.25) is 14.5 Å². The van der Waals surface area contributed by atoms with Crippen LogP contribution in [0.4, 0.5) is 0 Å². The van der Waals surface area contributed by atoms with E-state index in [2.05, 4.69) is 20.0 Å². The molecule has 154 valence electrons. The number of hydrogen-bond donors (Lipinski definition) is 0. The molecule has 0 aromatic carbocycles. The van der Waals surface area contributed by atoms with Gasteiger partial charge in [0.25, 0.3) is 0 Å². The first-order chi connectivity index (χ1) is 13.5. The lowest BCUT2D eigenvalue weighted by molar-refractivity contribution is -0.137. The lowest BCUT2D eigenvalue weighted by atomic mass is 9.93. The Morgan fingerprint density at radius 3 is 2.50 bits per heavy atom. The van der Waals surface area contributed by atoms with E-state index in [0.29, 0.717) is 24.4 Å². The highest BCUT2D eigenvalue weighted by Gasteiger charge is 2.37. The zero-order valence-electron chi connectivity index (χ0n) is 17.1. The maximum atomic E-state index is 13.0. The number of piperidine rings is 2. The second kappa shape index (κ2) is 8.19. The Morgan fingerprint density at radius 1 is 1.11 bits per heavy atom. The molecule has 0 radical (unpaired) electrons. The van der Waals surface area contributed by atoms with Gasteiger partial charge in [-0.25, -0.2) is 0 Å². The van der Waals surface area contributed by atoms with Gasteiger partial charge in [0, 0.05) is 45.7 Å². The van der Waals surface area contributed by atoms with Crippen molar-refractivity contribution in [2.45, 2.75) is 51.1 Å². The lowest BCUT2D eigenvalue weighted by Crippen LogP contribution is -2.51. The Balaban J connectivity index is 1.28. The van der Waals surface area contributed by atoms with Gasteiger partial charge in [-0.2, -0.15) is 0 Å². The summed E-state index contributed by atoms with van der Waals surface area (Å²) in [5.41, 5.74) is 0. The number of carbonyl (C=O) groups is 2. The summed E-state index contributed by atoms with van der Waals surface area (Å²) in [6, 6.07) is 0.503. The third kappa shape index (κ3) is 4.21. The molecule has 3 fully saturated rings. The summed E-state index contributed by atoms with van der Waals surface area (Å²) >= 11 is 0. The van der Waals surface area contributed by atoms with Crippen molar-refractivity contribution in [1.29, 1.82) is 0 Å². The lowest BCUT2D eigenvalue weighted by Gasteiger charge is -2.42. The summed E-state index contributed by atoms with van der Waals surface area (Å²) in [7, 11) is 3.76. The number of hydrogen-bond acceptors (Lipinski definition) is 5. The van der Waals surface area contributed by atoms with E-state index in [4.69, 9.17) is 0 Å². The molecule has 1 unspecified atom stereocenters. The normalized spacial score (nSPS) is 24.4. The van der Waals surface area contributed by atoms with Crippen molar-refractivity contribution < 1.29 is 9.59 Å². The van der Waals surface area contributed by atoms with Gasteiger partial charge in [0.15, 0.2) is 5.82 Å². The number of rotatable bonds is 5. The zero-order chi connectivity index (χ0) is 19.7. The Kier molecular flexibility index (Phi) is 5.66. The molecular weight excluding hydrogens is 356 g/mol. The van der Waals surface area contributed by atoms with Gasteiger partial charge in [0.1, 0.15) is 6.33 Å². The van der Waals surface area contributed by atoms with Crippen molar-refractivity contribution in [2.24, 2.45) is 18.9 Å². The summed E-state index contributed by atoms with van der Waals surface area (Å²) in [6.07, 6.45) is 7.92. The van der Waals surface area contributed by atoms with E-state index in [1.165, 1.54) is 0 Å². The molecule has 2 amide bonds. The summed E-state index contributed by atoms with van der Waals surface area (Å²) in [5.74, 6) is 1.75.